The molecule has 5 heteroatoms. The molecule has 0 bridgehead atoms. The van der Waals surface area contributed by atoms with Crippen molar-refractivity contribution in [3.8, 4) is 0 Å². The van der Waals surface area contributed by atoms with Gasteiger partial charge in [-0.2, -0.15) is 0 Å². The Balaban J connectivity index is 3.72. The van der Waals surface area contributed by atoms with E-state index in [0.29, 0.717) is 45.6 Å². The van der Waals surface area contributed by atoms with Gasteiger partial charge in [0.1, 0.15) is 0 Å². The van der Waals surface area contributed by atoms with Crippen molar-refractivity contribution in [3.63, 3.8) is 0 Å². The Bertz CT molecular complexity index is 238. The van der Waals surface area contributed by atoms with Crippen molar-refractivity contribution < 1.29 is 23.7 Å². The van der Waals surface area contributed by atoms with E-state index in [1.54, 1.807) is 0 Å². The van der Waals surface area contributed by atoms with Gasteiger partial charge in [0, 0.05) is 19.1 Å². The van der Waals surface area contributed by atoms with Crippen molar-refractivity contribution in [1.29, 1.82) is 0 Å². The number of rotatable bonds is 19. The molecule has 2 atom stereocenters. The molecule has 0 aromatic rings. The summed E-state index contributed by atoms with van der Waals surface area (Å²) >= 11 is 0. The molecule has 0 aliphatic rings. The van der Waals surface area contributed by atoms with Crippen LogP contribution in [0.1, 0.15) is 59.8 Å². The average molecular weight is 349 g/mol. The summed E-state index contributed by atoms with van der Waals surface area (Å²) in [5.41, 5.74) is 0. The zero-order valence-corrected chi connectivity index (χ0v) is 16.4. The summed E-state index contributed by atoms with van der Waals surface area (Å²) in [5.74, 6) is 0.374. The van der Waals surface area contributed by atoms with Crippen molar-refractivity contribution in [2.75, 3.05) is 52.9 Å². The van der Waals surface area contributed by atoms with Crippen LogP contribution in [0.5, 0.6) is 0 Å². The Morgan fingerprint density at radius 2 is 1.12 bits per heavy atom. The van der Waals surface area contributed by atoms with E-state index in [1.165, 1.54) is 0 Å². The van der Waals surface area contributed by atoms with Crippen LogP contribution in [-0.2, 0) is 23.7 Å². The second kappa shape index (κ2) is 19.1. The summed E-state index contributed by atoms with van der Waals surface area (Å²) < 4.78 is 28.1. The summed E-state index contributed by atoms with van der Waals surface area (Å²) in [6.45, 7) is 13.8. The van der Waals surface area contributed by atoms with E-state index in [9.17, 15) is 0 Å². The highest BCUT2D eigenvalue weighted by atomic mass is 16.7. The molecule has 0 aromatic carbocycles. The molecule has 0 fully saturated rings. The molecule has 0 radical (unpaired) electrons. The van der Waals surface area contributed by atoms with Gasteiger partial charge in [-0.15, -0.1) is 0 Å². The lowest BCUT2D eigenvalue weighted by atomic mass is 10.1. The topological polar surface area (TPSA) is 46.2 Å². The van der Waals surface area contributed by atoms with Crippen LogP contribution in [-0.4, -0.2) is 59.1 Å². The lowest BCUT2D eigenvalue weighted by molar-refractivity contribution is -0.183. The van der Waals surface area contributed by atoms with E-state index in [-0.39, 0.29) is 6.29 Å². The first-order chi connectivity index (χ1) is 11.8. The van der Waals surface area contributed by atoms with Gasteiger partial charge in [-0.3, -0.25) is 0 Å². The molecule has 0 rings (SSSR count). The van der Waals surface area contributed by atoms with Crippen molar-refractivity contribution in [1.82, 2.24) is 0 Å². The highest BCUT2D eigenvalue weighted by Gasteiger charge is 2.17. The largest absolute Gasteiger partial charge is 0.379 e. The van der Waals surface area contributed by atoms with Crippen LogP contribution in [0.2, 0.25) is 0 Å². The van der Waals surface area contributed by atoms with Crippen LogP contribution < -0.4 is 0 Å². The van der Waals surface area contributed by atoms with E-state index in [1.807, 2.05) is 0 Å². The van der Waals surface area contributed by atoms with Gasteiger partial charge in [0.05, 0.1) is 39.6 Å². The third-order valence-electron chi connectivity index (χ3n) is 3.59. The lowest BCUT2D eigenvalue weighted by Crippen LogP contribution is -2.28. The van der Waals surface area contributed by atoms with Gasteiger partial charge in [-0.25, -0.2) is 0 Å². The van der Waals surface area contributed by atoms with Crippen molar-refractivity contribution in [3.05, 3.63) is 0 Å². The second-order valence-corrected chi connectivity index (χ2v) is 6.07. The van der Waals surface area contributed by atoms with Crippen LogP contribution in [0, 0.1) is 5.92 Å². The van der Waals surface area contributed by atoms with E-state index in [4.69, 9.17) is 23.7 Å². The SMILES string of the molecule is CCCCOCCOCCOC(OCCOCCC)C(C)CCC. The monoisotopic (exact) mass is 348 g/mol. The third-order valence-corrected chi connectivity index (χ3v) is 3.59. The Labute approximate surface area is 149 Å². The molecule has 0 amide bonds. The Kier molecular flexibility index (Phi) is 19.0. The van der Waals surface area contributed by atoms with Gasteiger partial charge in [0.15, 0.2) is 6.29 Å². The minimum atomic E-state index is -0.181. The average Bonchev–Trinajstić information content (AvgIpc) is 2.58. The van der Waals surface area contributed by atoms with Gasteiger partial charge >= 0.3 is 0 Å². The maximum atomic E-state index is 5.86. The molecular weight excluding hydrogens is 308 g/mol. The molecule has 5 nitrogen and oxygen atoms in total. The van der Waals surface area contributed by atoms with Gasteiger partial charge in [-0.1, -0.05) is 40.5 Å². The van der Waals surface area contributed by atoms with E-state index in [2.05, 4.69) is 27.7 Å². The van der Waals surface area contributed by atoms with Crippen LogP contribution in [0.25, 0.3) is 0 Å². The number of unbranched alkanes of at least 4 members (excludes halogenated alkanes) is 1. The maximum Gasteiger partial charge on any atom is 0.160 e. The quantitative estimate of drug-likeness (QED) is 0.260. The lowest BCUT2D eigenvalue weighted by Gasteiger charge is -2.24. The number of hydrogen-bond donors (Lipinski definition) is 0. The molecule has 0 aromatic heterocycles. The normalized spacial score (nSPS) is 14.0. The van der Waals surface area contributed by atoms with Crippen LogP contribution >= 0.6 is 0 Å². The van der Waals surface area contributed by atoms with Gasteiger partial charge < -0.3 is 23.7 Å². The molecule has 0 spiro atoms. The number of ether oxygens (including phenoxy) is 5. The zero-order chi connectivity index (χ0) is 17.9. The minimum absolute atomic E-state index is 0.181. The standard InChI is InChI=1S/C19H40O5/c1-5-8-11-21-12-13-22-15-17-24-19(18(4)9-6-2)23-16-14-20-10-7-3/h18-19H,5-17H2,1-4H3. The van der Waals surface area contributed by atoms with Crippen molar-refractivity contribution in [2.24, 2.45) is 5.92 Å². The molecule has 0 aliphatic carbocycles. The van der Waals surface area contributed by atoms with Crippen LogP contribution in [0.15, 0.2) is 0 Å². The first kappa shape index (κ1) is 23.8. The first-order valence-electron chi connectivity index (χ1n) is 9.72. The van der Waals surface area contributed by atoms with E-state index < -0.39 is 0 Å². The highest BCUT2D eigenvalue weighted by molar-refractivity contribution is 4.57. The van der Waals surface area contributed by atoms with Gasteiger partial charge in [-0.05, 0) is 19.3 Å². The molecular formula is C19H40O5. The zero-order valence-electron chi connectivity index (χ0n) is 16.4. The summed E-state index contributed by atoms with van der Waals surface area (Å²) in [7, 11) is 0. The minimum Gasteiger partial charge on any atom is -0.379 e. The summed E-state index contributed by atoms with van der Waals surface area (Å²) in [4.78, 5) is 0. The second-order valence-electron chi connectivity index (χ2n) is 6.07. The van der Waals surface area contributed by atoms with Crippen LogP contribution in [0.4, 0.5) is 0 Å². The third kappa shape index (κ3) is 15.3. The highest BCUT2D eigenvalue weighted by Crippen LogP contribution is 2.15. The predicted octanol–water partition coefficient (Wildman–Crippen LogP) is 4.04. The first-order valence-corrected chi connectivity index (χ1v) is 9.72. The molecule has 0 saturated heterocycles. The molecule has 0 aliphatic heterocycles. The predicted molar refractivity (Wildman–Crippen MR) is 97.4 cm³/mol. The van der Waals surface area contributed by atoms with E-state index >= 15 is 0 Å². The fraction of sp³-hybridized carbons (Fsp3) is 1.00. The van der Waals surface area contributed by atoms with Crippen molar-refractivity contribution in [2.45, 2.75) is 66.1 Å². The molecule has 2 unspecified atom stereocenters. The fourth-order valence-corrected chi connectivity index (χ4v) is 2.23. The molecule has 0 N–H and O–H groups in total. The molecule has 0 heterocycles. The maximum absolute atomic E-state index is 5.86. The molecule has 146 valence electrons. The number of hydrogen-bond acceptors (Lipinski definition) is 5. The fourth-order valence-electron chi connectivity index (χ4n) is 2.23. The Morgan fingerprint density at radius 3 is 1.67 bits per heavy atom. The summed E-state index contributed by atoms with van der Waals surface area (Å²) in [6.07, 6.45) is 5.34. The Morgan fingerprint density at radius 1 is 0.583 bits per heavy atom. The molecule has 24 heavy (non-hydrogen) atoms. The molecule has 0 saturated carbocycles. The van der Waals surface area contributed by atoms with Crippen LogP contribution in [0.3, 0.4) is 0 Å². The smallest absolute Gasteiger partial charge is 0.160 e. The van der Waals surface area contributed by atoms with Gasteiger partial charge in [0.25, 0.3) is 0 Å². The summed E-state index contributed by atoms with van der Waals surface area (Å²) in [6, 6.07) is 0. The summed E-state index contributed by atoms with van der Waals surface area (Å²) in [5, 5.41) is 0. The van der Waals surface area contributed by atoms with Gasteiger partial charge in [0.2, 0.25) is 0 Å². The van der Waals surface area contributed by atoms with E-state index in [0.717, 1.165) is 45.3 Å². The Hall–Kier alpha value is -0.200. The van der Waals surface area contributed by atoms with Crippen molar-refractivity contribution >= 4 is 0 Å².